The maximum atomic E-state index is 9.77. The minimum atomic E-state index is 0.336. The lowest BCUT2D eigenvalue weighted by Crippen LogP contribution is -2.21. The Kier molecular flexibility index (Phi) is 4.48. The highest BCUT2D eigenvalue weighted by molar-refractivity contribution is 5.39. The second-order valence-corrected chi connectivity index (χ2v) is 5.41. The number of hydrogen-bond donors (Lipinski definition) is 2. The van der Waals surface area contributed by atoms with E-state index in [0.717, 1.165) is 29.7 Å². The van der Waals surface area contributed by atoms with Crippen LogP contribution in [0.25, 0.3) is 0 Å². The summed E-state index contributed by atoms with van der Waals surface area (Å²) in [5.41, 5.74) is 0.903. The molecule has 1 aliphatic rings. The summed E-state index contributed by atoms with van der Waals surface area (Å²) < 4.78 is 5.16. The molecule has 1 fully saturated rings. The Morgan fingerprint density at radius 3 is 2.89 bits per heavy atom. The third-order valence-corrected chi connectivity index (χ3v) is 3.84. The van der Waals surface area contributed by atoms with Gasteiger partial charge in [-0.3, -0.25) is 0 Å². The summed E-state index contributed by atoms with van der Waals surface area (Å²) >= 11 is 0. The van der Waals surface area contributed by atoms with Gasteiger partial charge in [0.25, 0.3) is 0 Å². The molecule has 0 saturated heterocycles. The van der Waals surface area contributed by atoms with Gasteiger partial charge in [-0.1, -0.05) is 13.3 Å². The first-order valence-corrected chi connectivity index (χ1v) is 6.75. The van der Waals surface area contributed by atoms with Gasteiger partial charge in [-0.2, -0.15) is 0 Å². The summed E-state index contributed by atoms with van der Waals surface area (Å²) in [6, 6.07) is 5.35. The molecule has 2 N–H and O–H groups in total. The summed E-state index contributed by atoms with van der Waals surface area (Å²) in [5, 5.41) is 13.2. The first-order chi connectivity index (χ1) is 8.69. The van der Waals surface area contributed by atoms with Gasteiger partial charge < -0.3 is 15.2 Å². The van der Waals surface area contributed by atoms with Gasteiger partial charge in [0.2, 0.25) is 0 Å². The zero-order chi connectivity index (χ0) is 13.0. The van der Waals surface area contributed by atoms with E-state index in [2.05, 4.69) is 12.2 Å². The maximum Gasteiger partial charge on any atom is 0.120 e. The second-order valence-electron chi connectivity index (χ2n) is 5.41. The van der Waals surface area contributed by atoms with E-state index in [4.69, 9.17) is 4.74 Å². The predicted molar refractivity (Wildman–Crippen MR) is 72.9 cm³/mol. The molecule has 1 saturated carbocycles. The molecule has 100 valence electrons. The van der Waals surface area contributed by atoms with Crippen LogP contribution in [0.15, 0.2) is 18.2 Å². The molecule has 0 aliphatic heterocycles. The van der Waals surface area contributed by atoms with Crippen LogP contribution in [0, 0.1) is 11.8 Å². The highest BCUT2D eigenvalue weighted by atomic mass is 16.5. The van der Waals surface area contributed by atoms with Crippen LogP contribution < -0.4 is 10.1 Å². The average Bonchev–Trinajstić information content (AvgIpc) is 2.77. The van der Waals surface area contributed by atoms with Crippen molar-refractivity contribution in [3.05, 3.63) is 23.8 Å². The van der Waals surface area contributed by atoms with Crippen molar-refractivity contribution in [2.45, 2.75) is 32.7 Å². The summed E-state index contributed by atoms with van der Waals surface area (Å²) in [6.07, 6.45) is 4.02. The van der Waals surface area contributed by atoms with E-state index in [1.807, 2.05) is 6.07 Å². The van der Waals surface area contributed by atoms with E-state index in [0.29, 0.717) is 12.3 Å². The lowest BCUT2D eigenvalue weighted by molar-refractivity contribution is 0.409. The molecular formula is C15H23NO2. The van der Waals surface area contributed by atoms with E-state index >= 15 is 0 Å². The van der Waals surface area contributed by atoms with Crippen molar-refractivity contribution in [2.75, 3.05) is 13.7 Å². The molecule has 0 spiro atoms. The van der Waals surface area contributed by atoms with Gasteiger partial charge in [0.1, 0.15) is 11.5 Å². The summed E-state index contributed by atoms with van der Waals surface area (Å²) in [5.74, 6) is 2.80. The number of rotatable bonds is 5. The van der Waals surface area contributed by atoms with Gasteiger partial charge in [-0.25, -0.2) is 0 Å². The highest BCUT2D eigenvalue weighted by Gasteiger charge is 2.20. The van der Waals surface area contributed by atoms with Crippen molar-refractivity contribution in [3.63, 3.8) is 0 Å². The number of ether oxygens (including phenoxy) is 1. The van der Waals surface area contributed by atoms with Crippen LogP contribution in [0.2, 0.25) is 0 Å². The lowest BCUT2D eigenvalue weighted by atomic mass is 10.1. The first kappa shape index (κ1) is 13.2. The predicted octanol–water partition coefficient (Wildman–Crippen LogP) is 2.93. The Balaban J connectivity index is 1.82. The minimum absolute atomic E-state index is 0.336. The van der Waals surface area contributed by atoms with E-state index in [1.165, 1.54) is 19.3 Å². The van der Waals surface area contributed by atoms with E-state index in [-0.39, 0.29) is 0 Å². The van der Waals surface area contributed by atoms with Crippen molar-refractivity contribution in [1.82, 2.24) is 5.32 Å². The van der Waals surface area contributed by atoms with Crippen molar-refractivity contribution in [3.8, 4) is 11.5 Å². The van der Waals surface area contributed by atoms with Gasteiger partial charge in [0.15, 0.2) is 0 Å². The van der Waals surface area contributed by atoms with Crippen LogP contribution in [0.5, 0.6) is 11.5 Å². The molecule has 1 aliphatic carbocycles. The van der Waals surface area contributed by atoms with Gasteiger partial charge in [-0.15, -0.1) is 0 Å². The number of nitrogens with one attached hydrogen (secondary N) is 1. The van der Waals surface area contributed by atoms with Crippen molar-refractivity contribution in [2.24, 2.45) is 11.8 Å². The number of benzene rings is 1. The van der Waals surface area contributed by atoms with Crippen LogP contribution in [-0.2, 0) is 6.54 Å². The largest absolute Gasteiger partial charge is 0.508 e. The second kappa shape index (κ2) is 6.10. The molecule has 1 aromatic rings. The Bertz CT molecular complexity index is 392. The molecule has 2 unspecified atom stereocenters. The van der Waals surface area contributed by atoms with Crippen LogP contribution in [0.1, 0.15) is 31.7 Å². The third kappa shape index (κ3) is 3.39. The number of phenols is 1. The molecule has 3 heteroatoms. The van der Waals surface area contributed by atoms with Gasteiger partial charge in [0.05, 0.1) is 7.11 Å². The Labute approximate surface area is 109 Å². The zero-order valence-corrected chi connectivity index (χ0v) is 11.3. The van der Waals surface area contributed by atoms with E-state index in [1.54, 1.807) is 19.2 Å². The third-order valence-electron chi connectivity index (χ3n) is 3.84. The van der Waals surface area contributed by atoms with Gasteiger partial charge in [0, 0.05) is 12.1 Å². The smallest absolute Gasteiger partial charge is 0.120 e. The molecule has 0 bridgehead atoms. The number of aromatic hydroxyl groups is 1. The summed E-state index contributed by atoms with van der Waals surface area (Å²) in [6.45, 7) is 4.07. The van der Waals surface area contributed by atoms with Crippen molar-refractivity contribution < 1.29 is 9.84 Å². The fourth-order valence-corrected chi connectivity index (χ4v) is 2.75. The van der Waals surface area contributed by atoms with Crippen LogP contribution in [0.3, 0.4) is 0 Å². The molecule has 2 rings (SSSR count). The topological polar surface area (TPSA) is 41.5 Å². The monoisotopic (exact) mass is 249 g/mol. The molecular weight excluding hydrogens is 226 g/mol. The number of hydrogen-bond acceptors (Lipinski definition) is 3. The minimum Gasteiger partial charge on any atom is -0.508 e. The molecule has 2 atom stereocenters. The van der Waals surface area contributed by atoms with Crippen LogP contribution >= 0.6 is 0 Å². The van der Waals surface area contributed by atoms with Crippen LogP contribution in [-0.4, -0.2) is 18.8 Å². The fraction of sp³-hybridized carbons (Fsp3) is 0.600. The van der Waals surface area contributed by atoms with E-state index < -0.39 is 0 Å². The molecule has 18 heavy (non-hydrogen) atoms. The molecule has 0 amide bonds. The van der Waals surface area contributed by atoms with Gasteiger partial charge >= 0.3 is 0 Å². The lowest BCUT2D eigenvalue weighted by Gasteiger charge is -2.12. The zero-order valence-electron chi connectivity index (χ0n) is 11.3. The molecule has 0 radical (unpaired) electrons. The molecule has 3 nitrogen and oxygen atoms in total. The quantitative estimate of drug-likeness (QED) is 0.843. The number of phenolic OH excluding ortho intramolecular Hbond substituents is 1. The number of methoxy groups -OCH3 is 1. The van der Waals surface area contributed by atoms with Crippen molar-refractivity contribution >= 4 is 0 Å². The molecule has 0 heterocycles. The standard InChI is InChI=1S/C15H23NO2/c1-11-3-4-12(7-11)9-16-10-13-8-14(18-2)5-6-15(13)17/h5-6,8,11-12,16-17H,3-4,7,9-10H2,1-2H3. The fourth-order valence-electron chi connectivity index (χ4n) is 2.75. The Morgan fingerprint density at radius 1 is 1.39 bits per heavy atom. The van der Waals surface area contributed by atoms with Crippen LogP contribution in [0.4, 0.5) is 0 Å². The Hall–Kier alpha value is -1.22. The average molecular weight is 249 g/mol. The first-order valence-electron chi connectivity index (χ1n) is 6.75. The summed E-state index contributed by atoms with van der Waals surface area (Å²) in [4.78, 5) is 0. The van der Waals surface area contributed by atoms with Gasteiger partial charge in [-0.05, 0) is 49.4 Å². The normalized spacial score (nSPS) is 23.2. The highest BCUT2D eigenvalue weighted by Crippen LogP contribution is 2.30. The molecule has 1 aromatic carbocycles. The Morgan fingerprint density at radius 2 is 2.22 bits per heavy atom. The molecule has 0 aromatic heterocycles. The maximum absolute atomic E-state index is 9.77. The van der Waals surface area contributed by atoms with Crippen molar-refractivity contribution in [1.29, 1.82) is 0 Å². The summed E-state index contributed by atoms with van der Waals surface area (Å²) in [7, 11) is 1.64. The SMILES string of the molecule is COc1ccc(O)c(CNCC2CCC(C)C2)c1. The van der Waals surface area contributed by atoms with E-state index in [9.17, 15) is 5.11 Å².